The van der Waals surface area contributed by atoms with E-state index in [1.54, 1.807) is 12.1 Å². The summed E-state index contributed by atoms with van der Waals surface area (Å²) in [5.74, 6) is -1.51. The number of anilines is 1. The summed E-state index contributed by atoms with van der Waals surface area (Å²) in [5, 5.41) is 27.4. The summed E-state index contributed by atoms with van der Waals surface area (Å²) in [7, 11) is 0. The maximum absolute atomic E-state index is 11.8. The van der Waals surface area contributed by atoms with E-state index in [9.17, 15) is 29.8 Å². The van der Waals surface area contributed by atoms with Gasteiger partial charge in [-0.1, -0.05) is 12.1 Å². The second-order valence-corrected chi connectivity index (χ2v) is 5.97. The number of furan rings is 1. The van der Waals surface area contributed by atoms with Crippen LogP contribution in [0.2, 0.25) is 0 Å². The molecule has 12 heteroatoms. The standard InChI is InChI=1S/C19H13N5O7/c25-18(21-13-4-6-14(7-5-13)23(27)28)19(26)22-20-11-16-8-9-17(31-16)12-2-1-3-15(10-12)24(29)30/h1-11H,(H,21,25)(H,22,26)/b20-11+. The van der Waals surface area contributed by atoms with Gasteiger partial charge >= 0.3 is 11.8 Å². The number of carbonyl (C=O) groups excluding carboxylic acids is 2. The van der Waals surface area contributed by atoms with Crippen LogP contribution in [0.25, 0.3) is 11.3 Å². The maximum atomic E-state index is 11.8. The number of amides is 2. The van der Waals surface area contributed by atoms with E-state index in [1.165, 1.54) is 48.5 Å². The molecule has 0 saturated carbocycles. The Hall–Kier alpha value is -4.87. The molecule has 3 rings (SSSR count). The quantitative estimate of drug-likeness (QED) is 0.266. The summed E-state index contributed by atoms with van der Waals surface area (Å²) in [4.78, 5) is 44.0. The molecule has 12 nitrogen and oxygen atoms in total. The van der Waals surface area contributed by atoms with Gasteiger partial charge in [0.15, 0.2) is 0 Å². The van der Waals surface area contributed by atoms with Crippen molar-refractivity contribution < 1.29 is 23.9 Å². The summed E-state index contributed by atoms with van der Waals surface area (Å²) in [6.07, 6.45) is 1.15. The first-order chi connectivity index (χ1) is 14.8. The van der Waals surface area contributed by atoms with Crippen molar-refractivity contribution in [1.29, 1.82) is 0 Å². The minimum Gasteiger partial charge on any atom is -0.455 e. The van der Waals surface area contributed by atoms with Gasteiger partial charge in [-0.25, -0.2) is 5.43 Å². The van der Waals surface area contributed by atoms with Crippen LogP contribution in [0.1, 0.15) is 5.76 Å². The Morgan fingerprint density at radius 1 is 0.903 bits per heavy atom. The number of nitro benzene ring substituents is 2. The van der Waals surface area contributed by atoms with Crippen LogP contribution < -0.4 is 10.7 Å². The fourth-order valence-corrected chi connectivity index (χ4v) is 2.41. The summed E-state index contributed by atoms with van der Waals surface area (Å²) < 4.78 is 5.49. The van der Waals surface area contributed by atoms with E-state index in [0.29, 0.717) is 11.3 Å². The maximum Gasteiger partial charge on any atom is 0.329 e. The monoisotopic (exact) mass is 423 g/mol. The normalized spacial score (nSPS) is 10.6. The molecule has 1 aromatic heterocycles. The number of nitrogens with zero attached hydrogens (tertiary/aromatic N) is 3. The second kappa shape index (κ2) is 9.09. The van der Waals surface area contributed by atoms with Gasteiger partial charge in [0.1, 0.15) is 11.5 Å². The summed E-state index contributed by atoms with van der Waals surface area (Å²) in [5.41, 5.74) is 2.45. The third-order valence-corrected chi connectivity index (χ3v) is 3.87. The van der Waals surface area contributed by atoms with Crippen molar-refractivity contribution in [3.8, 4) is 11.3 Å². The molecule has 0 aliphatic carbocycles. The SMILES string of the molecule is O=C(N/N=C/c1ccc(-c2cccc([N+](=O)[O-])c2)o1)C(=O)Nc1ccc([N+](=O)[O-])cc1. The smallest absolute Gasteiger partial charge is 0.329 e. The van der Waals surface area contributed by atoms with E-state index in [-0.39, 0.29) is 22.8 Å². The lowest BCUT2D eigenvalue weighted by Crippen LogP contribution is -2.32. The molecule has 0 aliphatic heterocycles. The minimum absolute atomic E-state index is 0.0876. The first-order valence-electron chi connectivity index (χ1n) is 8.57. The molecule has 31 heavy (non-hydrogen) atoms. The number of non-ortho nitro benzene ring substituents is 2. The van der Waals surface area contributed by atoms with E-state index < -0.39 is 21.7 Å². The molecule has 0 bridgehead atoms. The van der Waals surface area contributed by atoms with E-state index in [4.69, 9.17) is 4.42 Å². The molecular weight excluding hydrogens is 410 g/mol. The third-order valence-electron chi connectivity index (χ3n) is 3.87. The van der Waals surface area contributed by atoms with Crippen molar-refractivity contribution >= 4 is 35.1 Å². The van der Waals surface area contributed by atoms with Crippen LogP contribution in [0.15, 0.2) is 70.2 Å². The van der Waals surface area contributed by atoms with Crippen LogP contribution in [-0.4, -0.2) is 27.9 Å². The molecule has 0 spiro atoms. The Kier molecular flexibility index (Phi) is 6.11. The zero-order valence-electron chi connectivity index (χ0n) is 15.6. The highest BCUT2D eigenvalue weighted by molar-refractivity contribution is 6.39. The average Bonchev–Trinajstić information content (AvgIpc) is 3.23. The van der Waals surface area contributed by atoms with Crippen LogP contribution in [0, 0.1) is 20.2 Å². The summed E-state index contributed by atoms with van der Waals surface area (Å²) in [6.45, 7) is 0. The van der Waals surface area contributed by atoms with Gasteiger partial charge in [-0.05, 0) is 24.3 Å². The molecule has 0 saturated heterocycles. The lowest BCUT2D eigenvalue weighted by atomic mass is 10.1. The highest BCUT2D eigenvalue weighted by Crippen LogP contribution is 2.25. The predicted octanol–water partition coefficient (Wildman–Crippen LogP) is 2.85. The number of nitro groups is 2. The van der Waals surface area contributed by atoms with Gasteiger partial charge in [0.2, 0.25) is 0 Å². The number of rotatable bonds is 6. The Morgan fingerprint density at radius 2 is 1.61 bits per heavy atom. The van der Waals surface area contributed by atoms with Crippen LogP contribution in [0.4, 0.5) is 17.1 Å². The lowest BCUT2D eigenvalue weighted by molar-refractivity contribution is -0.385. The molecule has 156 valence electrons. The van der Waals surface area contributed by atoms with Crippen LogP contribution in [0.3, 0.4) is 0 Å². The fraction of sp³-hybridized carbons (Fsp3) is 0. The molecular formula is C19H13N5O7. The molecule has 0 radical (unpaired) electrons. The summed E-state index contributed by atoms with van der Waals surface area (Å²) in [6, 6.07) is 13.9. The van der Waals surface area contributed by atoms with Crippen LogP contribution in [-0.2, 0) is 9.59 Å². The number of hydrogen-bond acceptors (Lipinski definition) is 8. The number of carbonyl (C=O) groups is 2. The molecule has 2 amide bonds. The Bertz CT molecular complexity index is 1180. The Balaban J connectivity index is 1.57. The van der Waals surface area contributed by atoms with Gasteiger partial charge in [-0.15, -0.1) is 0 Å². The third kappa shape index (κ3) is 5.35. The number of nitrogens with one attached hydrogen (secondary N) is 2. The van der Waals surface area contributed by atoms with E-state index in [0.717, 1.165) is 6.21 Å². The fourth-order valence-electron chi connectivity index (χ4n) is 2.41. The van der Waals surface area contributed by atoms with Crippen molar-refractivity contribution in [3.05, 3.63) is 86.7 Å². The van der Waals surface area contributed by atoms with E-state index in [1.807, 2.05) is 5.43 Å². The van der Waals surface area contributed by atoms with E-state index >= 15 is 0 Å². The van der Waals surface area contributed by atoms with Gasteiger partial charge in [-0.2, -0.15) is 5.10 Å². The van der Waals surface area contributed by atoms with Gasteiger partial charge in [0.05, 0.1) is 16.1 Å². The van der Waals surface area contributed by atoms with Crippen molar-refractivity contribution in [3.63, 3.8) is 0 Å². The van der Waals surface area contributed by atoms with Gasteiger partial charge in [-0.3, -0.25) is 29.8 Å². The molecule has 0 atom stereocenters. The lowest BCUT2D eigenvalue weighted by Gasteiger charge is -2.03. The molecule has 2 N–H and O–H groups in total. The second-order valence-electron chi connectivity index (χ2n) is 5.97. The van der Waals surface area contributed by atoms with Crippen molar-refractivity contribution in [1.82, 2.24) is 5.43 Å². The highest BCUT2D eigenvalue weighted by atomic mass is 16.6. The van der Waals surface area contributed by atoms with Gasteiger partial charge in [0.25, 0.3) is 11.4 Å². The topological polar surface area (TPSA) is 170 Å². The van der Waals surface area contributed by atoms with Crippen molar-refractivity contribution in [2.45, 2.75) is 0 Å². The molecule has 1 heterocycles. The van der Waals surface area contributed by atoms with Crippen molar-refractivity contribution in [2.24, 2.45) is 5.10 Å². The molecule has 0 aliphatic rings. The largest absolute Gasteiger partial charge is 0.455 e. The average molecular weight is 423 g/mol. The first-order valence-corrected chi connectivity index (χ1v) is 8.57. The Morgan fingerprint density at radius 3 is 2.29 bits per heavy atom. The first kappa shape index (κ1) is 20.9. The van der Waals surface area contributed by atoms with Gasteiger partial charge in [0, 0.05) is 35.5 Å². The van der Waals surface area contributed by atoms with Gasteiger partial charge < -0.3 is 9.73 Å². The number of hydrazone groups is 1. The molecule has 3 aromatic rings. The zero-order valence-corrected chi connectivity index (χ0v) is 15.6. The summed E-state index contributed by atoms with van der Waals surface area (Å²) >= 11 is 0. The molecule has 2 aromatic carbocycles. The number of benzene rings is 2. The Labute approximate surface area is 173 Å². The highest BCUT2D eigenvalue weighted by Gasteiger charge is 2.14. The molecule has 0 fully saturated rings. The van der Waals surface area contributed by atoms with Crippen LogP contribution >= 0.6 is 0 Å². The minimum atomic E-state index is -1.07. The predicted molar refractivity (Wildman–Crippen MR) is 108 cm³/mol. The zero-order chi connectivity index (χ0) is 22.4. The molecule has 0 unspecified atom stereocenters. The number of hydrogen-bond donors (Lipinski definition) is 2. The van der Waals surface area contributed by atoms with Crippen LogP contribution in [0.5, 0.6) is 0 Å². The van der Waals surface area contributed by atoms with E-state index in [2.05, 4.69) is 10.4 Å². The van der Waals surface area contributed by atoms with Crippen molar-refractivity contribution in [2.75, 3.05) is 5.32 Å².